The smallest absolute Gasteiger partial charge is 0.129 e. The van der Waals surface area contributed by atoms with Gasteiger partial charge in [0.1, 0.15) is 11.7 Å². The molecule has 1 heterocycles. The number of rotatable bonds is 5. The van der Waals surface area contributed by atoms with Gasteiger partial charge in [-0.25, -0.2) is 4.98 Å². The van der Waals surface area contributed by atoms with Gasteiger partial charge in [0, 0.05) is 30.6 Å². The van der Waals surface area contributed by atoms with Crippen molar-refractivity contribution < 1.29 is 0 Å². The third kappa shape index (κ3) is 3.41. The molecular weight excluding hydrogens is 220 g/mol. The average Bonchev–Trinajstić information content (AvgIpc) is 2.24. The molecule has 0 saturated heterocycles. The van der Waals surface area contributed by atoms with Gasteiger partial charge in [0.15, 0.2) is 0 Å². The van der Waals surface area contributed by atoms with Crippen LogP contribution >= 0.6 is 11.8 Å². The predicted octanol–water partition coefficient (Wildman–Crippen LogP) is 1.47. The Bertz CT molecular complexity index is 378. The minimum atomic E-state index is 0.0880. The van der Waals surface area contributed by atoms with Crippen molar-refractivity contribution in [3.63, 3.8) is 0 Å². The fourth-order valence-corrected chi connectivity index (χ4v) is 1.80. The fraction of sp³-hybridized carbons (Fsp3) is 0.455. The summed E-state index contributed by atoms with van der Waals surface area (Å²) in [7, 11) is 2.00. The first kappa shape index (κ1) is 12.8. The number of thioether (sulfide) groups is 1. The monoisotopic (exact) mass is 238 g/mol. The standard InChI is InChI=1S/C11H18N4S/c1-8-6-9(11(12)13)7-10(14-8)15(2)4-5-16-3/h6-7H,4-5H2,1-3H3,(H3,12,13). The first-order chi connectivity index (χ1) is 7.54. The molecule has 0 radical (unpaired) electrons. The summed E-state index contributed by atoms with van der Waals surface area (Å²) >= 11 is 1.80. The number of nitrogens with zero attached hydrogens (tertiary/aromatic N) is 2. The average molecular weight is 238 g/mol. The van der Waals surface area contributed by atoms with Crippen LogP contribution in [0.25, 0.3) is 0 Å². The number of amidine groups is 1. The number of hydrogen-bond donors (Lipinski definition) is 2. The fourth-order valence-electron chi connectivity index (χ4n) is 1.34. The van der Waals surface area contributed by atoms with Gasteiger partial charge in [-0.2, -0.15) is 11.8 Å². The molecule has 0 aliphatic rings. The molecule has 0 amide bonds. The van der Waals surface area contributed by atoms with Crippen molar-refractivity contribution in [3.05, 3.63) is 23.4 Å². The third-order valence-electron chi connectivity index (χ3n) is 2.27. The number of hydrogen-bond acceptors (Lipinski definition) is 4. The summed E-state index contributed by atoms with van der Waals surface area (Å²) in [5.41, 5.74) is 7.11. The van der Waals surface area contributed by atoms with E-state index in [1.54, 1.807) is 11.8 Å². The molecule has 0 bridgehead atoms. The molecule has 0 fully saturated rings. The van der Waals surface area contributed by atoms with Crippen LogP contribution in [0.15, 0.2) is 12.1 Å². The van der Waals surface area contributed by atoms with Crippen LogP contribution in [0.5, 0.6) is 0 Å². The molecule has 16 heavy (non-hydrogen) atoms. The van der Waals surface area contributed by atoms with Crippen molar-refractivity contribution in [2.75, 3.05) is 30.5 Å². The lowest BCUT2D eigenvalue weighted by Crippen LogP contribution is -2.22. The Hall–Kier alpha value is -1.23. The molecule has 0 atom stereocenters. The Balaban J connectivity index is 2.91. The van der Waals surface area contributed by atoms with Crippen LogP contribution in [0.2, 0.25) is 0 Å². The van der Waals surface area contributed by atoms with Crippen LogP contribution in [-0.2, 0) is 0 Å². The number of anilines is 1. The molecule has 0 aliphatic heterocycles. The maximum Gasteiger partial charge on any atom is 0.129 e. The van der Waals surface area contributed by atoms with E-state index in [1.165, 1.54) is 0 Å². The molecule has 4 nitrogen and oxygen atoms in total. The molecule has 88 valence electrons. The quantitative estimate of drug-likeness (QED) is 0.602. The SMILES string of the molecule is CSCCN(C)c1cc(C(=N)N)cc(C)n1. The largest absolute Gasteiger partial charge is 0.384 e. The van der Waals surface area contributed by atoms with Gasteiger partial charge in [-0.1, -0.05) is 0 Å². The number of pyridine rings is 1. The zero-order valence-electron chi connectivity index (χ0n) is 9.95. The predicted molar refractivity (Wildman–Crippen MR) is 71.6 cm³/mol. The van der Waals surface area contributed by atoms with Gasteiger partial charge >= 0.3 is 0 Å². The van der Waals surface area contributed by atoms with Gasteiger partial charge in [-0.05, 0) is 25.3 Å². The summed E-state index contributed by atoms with van der Waals surface area (Å²) in [6.07, 6.45) is 2.08. The molecule has 0 spiro atoms. The van der Waals surface area contributed by atoms with Crippen LogP contribution < -0.4 is 10.6 Å². The van der Waals surface area contributed by atoms with Gasteiger partial charge in [-0.3, -0.25) is 5.41 Å². The van der Waals surface area contributed by atoms with E-state index in [1.807, 2.05) is 26.1 Å². The van der Waals surface area contributed by atoms with Crippen LogP contribution in [0.1, 0.15) is 11.3 Å². The summed E-state index contributed by atoms with van der Waals surface area (Å²) < 4.78 is 0. The van der Waals surface area contributed by atoms with Gasteiger partial charge in [-0.15, -0.1) is 0 Å². The van der Waals surface area contributed by atoms with Crippen LogP contribution in [-0.4, -0.2) is 36.4 Å². The molecule has 1 rings (SSSR count). The van der Waals surface area contributed by atoms with Crippen molar-refractivity contribution in [1.82, 2.24) is 4.98 Å². The van der Waals surface area contributed by atoms with E-state index in [9.17, 15) is 0 Å². The molecule has 0 saturated carbocycles. The molecule has 0 unspecified atom stereocenters. The van der Waals surface area contributed by atoms with Gasteiger partial charge < -0.3 is 10.6 Å². The van der Waals surface area contributed by atoms with E-state index in [-0.39, 0.29) is 5.84 Å². The molecule has 1 aromatic heterocycles. The van der Waals surface area contributed by atoms with E-state index in [0.717, 1.165) is 29.4 Å². The Kier molecular flexibility index (Phi) is 4.61. The number of aryl methyl sites for hydroxylation is 1. The lowest BCUT2D eigenvalue weighted by molar-refractivity contribution is 0.938. The first-order valence-electron chi connectivity index (χ1n) is 5.07. The normalized spacial score (nSPS) is 10.2. The number of aromatic nitrogens is 1. The highest BCUT2D eigenvalue weighted by Gasteiger charge is 2.06. The van der Waals surface area contributed by atoms with Crippen molar-refractivity contribution in [2.45, 2.75) is 6.92 Å². The molecule has 1 aromatic rings. The Morgan fingerprint density at radius 1 is 1.56 bits per heavy atom. The van der Waals surface area contributed by atoms with Gasteiger partial charge in [0.2, 0.25) is 0 Å². The number of nitrogen functional groups attached to an aromatic ring is 1. The second kappa shape index (κ2) is 5.75. The zero-order valence-corrected chi connectivity index (χ0v) is 10.8. The molecular formula is C11H18N4S. The minimum Gasteiger partial charge on any atom is -0.384 e. The first-order valence-corrected chi connectivity index (χ1v) is 6.47. The molecule has 5 heteroatoms. The summed E-state index contributed by atoms with van der Waals surface area (Å²) in [4.78, 5) is 6.51. The molecule has 0 aromatic carbocycles. The third-order valence-corrected chi connectivity index (χ3v) is 2.86. The van der Waals surface area contributed by atoms with Crippen LogP contribution in [0, 0.1) is 12.3 Å². The summed E-state index contributed by atoms with van der Waals surface area (Å²) in [5, 5.41) is 7.44. The van der Waals surface area contributed by atoms with Gasteiger partial charge in [0.05, 0.1) is 0 Å². The zero-order chi connectivity index (χ0) is 12.1. The highest BCUT2D eigenvalue weighted by atomic mass is 32.2. The summed E-state index contributed by atoms with van der Waals surface area (Å²) in [6.45, 7) is 2.85. The van der Waals surface area contributed by atoms with Crippen molar-refractivity contribution in [3.8, 4) is 0 Å². The van der Waals surface area contributed by atoms with Crippen molar-refractivity contribution in [1.29, 1.82) is 5.41 Å². The maximum atomic E-state index is 7.44. The van der Waals surface area contributed by atoms with Gasteiger partial charge in [0.25, 0.3) is 0 Å². The highest BCUT2D eigenvalue weighted by molar-refractivity contribution is 7.98. The van der Waals surface area contributed by atoms with Crippen molar-refractivity contribution in [2.24, 2.45) is 5.73 Å². The van der Waals surface area contributed by atoms with Crippen LogP contribution in [0.3, 0.4) is 0 Å². The van der Waals surface area contributed by atoms with E-state index in [2.05, 4.69) is 16.1 Å². The van der Waals surface area contributed by atoms with E-state index >= 15 is 0 Å². The summed E-state index contributed by atoms with van der Waals surface area (Å²) in [6, 6.07) is 3.68. The highest BCUT2D eigenvalue weighted by Crippen LogP contribution is 2.13. The second-order valence-electron chi connectivity index (χ2n) is 3.68. The Labute approximate surface area is 101 Å². The topological polar surface area (TPSA) is 66.0 Å². The van der Waals surface area contributed by atoms with E-state index in [0.29, 0.717) is 0 Å². The van der Waals surface area contributed by atoms with E-state index < -0.39 is 0 Å². The van der Waals surface area contributed by atoms with E-state index in [4.69, 9.17) is 11.1 Å². The minimum absolute atomic E-state index is 0.0880. The second-order valence-corrected chi connectivity index (χ2v) is 4.67. The van der Waals surface area contributed by atoms with Crippen molar-refractivity contribution >= 4 is 23.4 Å². The maximum absolute atomic E-state index is 7.44. The summed E-state index contributed by atoms with van der Waals surface area (Å²) in [5.74, 6) is 2.02. The lowest BCUT2D eigenvalue weighted by atomic mass is 10.2. The molecule has 3 N–H and O–H groups in total. The number of nitrogens with one attached hydrogen (secondary N) is 1. The Morgan fingerprint density at radius 3 is 2.81 bits per heavy atom. The lowest BCUT2D eigenvalue weighted by Gasteiger charge is -2.18. The molecule has 0 aliphatic carbocycles. The Morgan fingerprint density at radius 2 is 2.25 bits per heavy atom. The number of nitrogens with two attached hydrogens (primary N) is 1. The van der Waals surface area contributed by atoms with Crippen LogP contribution in [0.4, 0.5) is 5.82 Å².